The van der Waals surface area contributed by atoms with E-state index in [4.69, 9.17) is 4.74 Å². The maximum Gasteiger partial charge on any atom is 0.317 e. The maximum absolute atomic E-state index is 13.3. The number of allylic oxidation sites excluding steroid dienone is 2. The highest BCUT2D eigenvalue weighted by Gasteiger charge is 2.67. The van der Waals surface area contributed by atoms with E-state index in [2.05, 4.69) is 31.2 Å². The summed E-state index contributed by atoms with van der Waals surface area (Å²) in [6.07, 6.45) is 8.46. The van der Waals surface area contributed by atoms with Crippen molar-refractivity contribution in [3.63, 3.8) is 0 Å². The lowest BCUT2D eigenvalue weighted by Crippen LogP contribution is -2.44. The van der Waals surface area contributed by atoms with E-state index < -0.39 is 0 Å². The van der Waals surface area contributed by atoms with Gasteiger partial charge in [0.25, 0.3) is 0 Å². The van der Waals surface area contributed by atoms with Gasteiger partial charge in [0.15, 0.2) is 0 Å². The average molecular weight is 344 g/mol. The van der Waals surface area contributed by atoms with Gasteiger partial charge in [0.2, 0.25) is 0 Å². The highest BCUT2D eigenvalue weighted by Crippen LogP contribution is 2.70. The molecule has 0 heterocycles. The summed E-state index contributed by atoms with van der Waals surface area (Å²) in [7, 11) is 0. The van der Waals surface area contributed by atoms with Gasteiger partial charge < -0.3 is 4.74 Å². The molecule has 0 aliphatic heterocycles. The van der Waals surface area contributed by atoms with E-state index in [1.54, 1.807) is 0 Å². The smallest absolute Gasteiger partial charge is 0.317 e. The van der Waals surface area contributed by atoms with Crippen molar-refractivity contribution in [1.29, 1.82) is 0 Å². The van der Waals surface area contributed by atoms with Crippen molar-refractivity contribution < 1.29 is 9.53 Å². The molecule has 7 unspecified atom stereocenters. The Labute approximate surface area is 154 Å². The molecule has 26 heavy (non-hydrogen) atoms. The Balaban J connectivity index is 1.32. The summed E-state index contributed by atoms with van der Waals surface area (Å²) < 4.78 is 6.04. The minimum atomic E-state index is -0.318. The van der Waals surface area contributed by atoms with E-state index in [1.165, 1.54) is 12.8 Å². The van der Waals surface area contributed by atoms with Crippen LogP contribution in [0.1, 0.15) is 26.2 Å². The van der Waals surface area contributed by atoms with Crippen molar-refractivity contribution in [3.8, 4) is 5.75 Å². The van der Waals surface area contributed by atoms with Crippen LogP contribution in [0.5, 0.6) is 5.75 Å². The van der Waals surface area contributed by atoms with Crippen LogP contribution in [0.15, 0.2) is 54.6 Å². The Kier molecular flexibility index (Phi) is 2.89. The molecule has 0 saturated heterocycles. The van der Waals surface area contributed by atoms with Gasteiger partial charge in [-0.2, -0.15) is 0 Å². The lowest BCUT2D eigenvalue weighted by atomic mass is 9.63. The highest BCUT2D eigenvalue weighted by atomic mass is 16.5. The third-order valence-electron chi connectivity index (χ3n) is 8.07. The molecule has 4 aliphatic rings. The number of hydrogen-bond acceptors (Lipinski definition) is 2. The molecular formula is C24H24O2. The zero-order valence-corrected chi connectivity index (χ0v) is 15.1. The zero-order chi connectivity index (χ0) is 17.5. The second-order valence-corrected chi connectivity index (χ2v) is 9.19. The summed E-state index contributed by atoms with van der Waals surface area (Å²) in [4.78, 5) is 13.3. The third kappa shape index (κ3) is 1.80. The van der Waals surface area contributed by atoms with Gasteiger partial charge in [-0.25, -0.2) is 0 Å². The topological polar surface area (TPSA) is 26.3 Å². The van der Waals surface area contributed by atoms with Gasteiger partial charge >= 0.3 is 5.97 Å². The molecule has 0 spiro atoms. The first kappa shape index (κ1) is 15.0. The summed E-state index contributed by atoms with van der Waals surface area (Å²) in [5, 5.41) is 2.14. The van der Waals surface area contributed by atoms with Crippen molar-refractivity contribution in [2.75, 3.05) is 0 Å². The summed E-state index contributed by atoms with van der Waals surface area (Å²) in [5.41, 5.74) is -0.318. The fourth-order valence-corrected chi connectivity index (χ4v) is 7.11. The van der Waals surface area contributed by atoms with Crippen LogP contribution in [0.25, 0.3) is 10.8 Å². The number of fused-ring (bicyclic) bond motifs is 10. The number of esters is 1. The van der Waals surface area contributed by atoms with E-state index in [1.807, 2.05) is 30.3 Å². The number of hydrogen-bond donors (Lipinski definition) is 0. The van der Waals surface area contributed by atoms with Crippen molar-refractivity contribution in [3.05, 3.63) is 54.6 Å². The standard InChI is InChI=1S/C24H24O2/c1-24(13-17-12-19(24)22-16-10-9-15(11-16)21(17)22)23(25)26-20-8-4-6-14-5-2-3-7-18(14)20/h2-10,15-17,19,21-22H,11-13H2,1H3. The largest absolute Gasteiger partial charge is 0.425 e. The van der Waals surface area contributed by atoms with Crippen molar-refractivity contribution in [2.24, 2.45) is 40.9 Å². The molecule has 2 aromatic carbocycles. The van der Waals surface area contributed by atoms with Crippen LogP contribution in [0, 0.1) is 40.9 Å². The Morgan fingerprint density at radius 2 is 1.77 bits per heavy atom. The molecule has 2 heteroatoms. The maximum atomic E-state index is 13.3. The number of benzene rings is 2. The van der Waals surface area contributed by atoms with Crippen LogP contribution in [0.4, 0.5) is 0 Å². The molecule has 0 aromatic heterocycles. The van der Waals surface area contributed by atoms with Gasteiger partial charge in [-0.3, -0.25) is 4.79 Å². The van der Waals surface area contributed by atoms with Crippen LogP contribution < -0.4 is 4.74 Å². The molecule has 132 valence electrons. The fraction of sp³-hybridized carbons (Fsp3) is 0.458. The lowest BCUT2D eigenvalue weighted by molar-refractivity contribution is -0.150. The van der Waals surface area contributed by atoms with Gasteiger partial charge in [0, 0.05) is 5.39 Å². The summed E-state index contributed by atoms with van der Waals surface area (Å²) in [6.45, 7) is 2.18. The summed E-state index contributed by atoms with van der Waals surface area (Å²) in [6, 6.07) is 14.1. The fourth-order valence-electron chi connectivity index (χ4n) is 7.11. The molecule has 0 amide bonds. The van der Waals surface area contributed by atoms with E-state index in [0.717, 1.165) is 34.9 Å². The zero-order valence-electron chi connectivity index (χ0n) is 15.1. The van der Waals surface area contributed by atoms with Crippen LogP contribution >= 0.6 is 0 Å². The van der Waals surface area contributed by atoms with Crippen LogP contribution in [0.3, 0.4) is 0 Å². The Morgan fingerprint density at radius 3 is 2.65 bits per heavy atom. The minimum Gasteiger partial charge on any atom is -0.425 e. The second kappa shape index (κ2) is 5.00. The number of ether oxygens (including phenoxy) is 1. The molecule has 0 N–H and O–H groups in total. The Bertz CT molecular complexity index is 939. The Hall–Kier alpha value is -2.09. The van der Waals surface area contributed by atoms with Gasteiger partial charge in [0.1, 0.15) is 5.75 Å². The second-order valence-electron chi connectivity index (χ2n) is 9.19. The average Bonchev–Trinajstić information content (AvgIpc) is 3.40. The lowest BCUT2D eigenvalue weighted by Gasteiger charge is -2.41. The minimum absolute atomic E-state index is 0.00782. The number of carbonyl (C=O) groups excluding carboxylic acids is 1. The van der Waals surface area contributed by atoms with E-state index in [9.17, 15) is 4.79 Å². The summed E-state index contributed by atoms with van der Waals surface area (Å²) in [5.74, 6) is 4.98. The first-order valence-corrected chi connectivity index (χ1v) is 10.0. The quantitative estimate of drug-likeness (QED) is 0.323. The SMILES string of the molecule is CC1(C(=O)Oc2cccc3ccccc23)CC2CC1C1C3C=CC(C3)C21. The normalized spacial score (nSPS) is 41.7. The van der Waals surface area contributed by atoms with Gasteiger partial charge in [-0.05, 0) is 73.1 Å². The van der Waals surface area contributed by atoms with Crippen LogP contribution in [-0.4, -0.2) is 5.97 Å². The van der Waals surface area contributed by atoms with Crippen LogP contribution in [-0.2, 0) is 4.79 Å². The monoisotopic (exact) mass is 344 g/mol. The Morgan fingerprint density at radius 1 is 1.00 bits per heavy atom. The van der Waals surface area contributed by atoms with Crippen molar-refractivity contribution >= 4 is 16.7 Å². The molecule has 0 radical (unpaired) electrons. The molecule has 6 rings (SSSR count). The molecule has 4 aliphatic carbocycles. The van der Waals surface area contributed by atoms with Crippen LogP contribution in [0.2, 0.25) is 0 Å². The number of carbonyl (C=O) groups is 1. The van der Waals surface area contributed by atoms with Crippen molar-refractivity contribution in [1.82, 2.24) is 0 Å². The van der Waals surface area contributed by atoms with E-state index >= 15 is 0 Å². The van der Waals surface area contributed by atoms with E-state index in [-0.39, 0.29) is 11.4 Å². The third-order valence-corrected chi connectivity index (χ3v) is 8.07. The molecule has 3 saturated carbocycles. The molecule has 4 bridgehead atoms. The predicted octanol–water partition coefficient (Wildman–Crippen LogP) is 5.23. The first-order valence-electron chi connectivity index (χ1n) is 10.0. The highest BCUT2D eigenvalue weighted by molar-refractivity contribution is 5.91. The molecule has 2 aromatic rings. The predicted molar refractivity (Wildman–Crippen MR) is 102 cm³/mol. The van der Waals surface area contributed by atoms with Gasteiger partial charge in [-0.1, -0.05) is 48.6 Å². The molecule has 7 atom stereocenters. The summed E-state index contributed by atoms with van der Waals surface area (Å²) >= 11 is 0. The van der Waals surface area contributed by atoms with Crippen molar-refractivity contribution in [2.45, 2.75) is 26.2 Å². The van der Waals surface area contributed by atoms with E-state index in [0.29, 0.717) is 23.5 Å². The molecule has 2 nitrogen and oxygen atoms in total. The first-order chi connectivity index (χ1) is 12.6. The molecular weight excluding hydrogens is 320 g/mol. The number of rotatable bonds is 2. The van der Waals surface area contributed by atoms with Gasteiger partial charge in [0.05, 0.1) is 5.41 Å². The van der Waals surface area contributed by atoms with Gasteiger partial charge in [-0.15, -0.1) is 0 Å². The molecule has 3 fully saturated rings.